The molecule has 1 aliphatic heterocycles. The second-order valence-electron chi connectivity index (χ2n) is 13.3. The highest BCUT2D eigenvalue weighted by molar-refractivity contribution is 5.77. The lowest BCUT2D eigenvalue weighted by Crippen LogP contribution is -2.44. The molecule has 8 rings (SSSR count). The van der Waals surface area contributed by atoms with Crippen LogP contribution in [0.4, 0.5) is 8.78 Å². The van der Waals surface area contributed by atoms with Crippen LogP contribution in [0.15, 0.2) is 88.8 Å². The van der Waals surface area contributed by atoms with Gasteiger partial charge in [-0.05, 0) is 73.2 Å². The first-order valence-electron chi connectivity index (χ1n) is 17.2. The van der Waals surface area contributed by atoms with E-state index in [9.17, 15) is 23.5 Å². The molecule has 1 saturated carbocycles. The summed E-state index contributed by atoms with van der Waals surface area (Å²) in [7, 11) is 0. The van der Waals surface area contributed by atoms with E-state index in [-0.39, 0.29) is 28.6 Å². The SMILES string of the molecule is O=c1c2cc(F)cnc2n(-c2cccc(-c3cccc(O)c3CN3CCOCC3)c2)c(=O)n1[C@H]1CC[C@@H](NCc2cn3cc(F)ccc3n2)CC1. The minimum atomic E-state index is -0.666. The van der Waals surface area contributed by atoms with Gasteiger partial charge in [-0.1, -0.05) is 24.3 Å². The van der Waals surface area contributed by atoms with Crippen molar-refractivity contribution in [3.8, 4) is 22.6 Å². The molecule has 0 unspecified atom stereocenters. The van der Waals surface area contributed by atoms with E-state index in [2.05, 4.69) is 20.2 Å². The van der Waals surface area contributed by atoms with Crippen LogP contribution in [0, 0.1) is 11.6 Å². The molecule has 11 nitrogen and oxygen atoms in total. The lowest BCUT2D eigenvalue weighted by atomic mass is 9.91. The Balaban J connectivity index is 1.09. The summed E-state index contributed by atoms with van der Waals surface area (Å²) in [5, 5.41) is 14.5. The van der Waals surface area contributed by atoms with Gasteiger partial charge < -0.3 is 19.6 Å². The van der Waals surface area contributed by atoms with E-state index < -0.39 is 23.1 Å². The number of fused-ring (bicyclic) bond motifs is 2. The molecule has 2 aliphatic rings. The fraction of sp³-hybridized carbons (Fsp3) is 0.316. The van der Waals surface area contributed by atoms with E-state index in [0.717, 1.165) is 47.7 Å². The molecule has 0 amide bonds. The zero-order valence-corrected chi connectivity index (χ0v) is 27.8. The first kappa shape index (κ1) is 32.9. The van der Waals surface area contributed by atoms with Crippen LogP contribution < -0.4 is 16.6 Å². The van der Waals surface area contributed by atoms with Gasteiger partial charge in [-0.3, -0.25) is 14.3 Å². The van der Waals surface area contributed by atoms with Gasteiger partial charge in [-0.15, -0.1) is 0 Å². The highest BCUT2D eigenvalue weighted by Crippen LogP contribution is 2.33. The lowest BCUT2D eigenvalue weighted by Gasteiger charge is -2.30. The molecule has 262 valence electrons. The minimum absolute atomic E-state index is 0.0221. The first-order chi connectivity index (χ1) is 24.8. The number of phenols is 1. The van der Waals surface area contributed by atoms with E-state index >= 15 is 0 Å². The topological polar surface area (TPSA) is 119 Å². The third-order valence-electron chi connectivity index (χ3n) is 10.0. The Morgan fingerprint density at radius 3 is 2.55 bits per heavy atom. The summed E-state index contributed by atoms with van der Waals surface area (Å²) in [6.07, 6.45) is 6.73. The lowest BCUT2D eigenvalue weighted by molar-refractivity contribution is 0.0339. The van der Waals surface area contributed by atoms with Crippen molar-refractivity contribution in [1.82, 2.24) is 33.7 Å². The highest BCUT2D eigenvalue weighted by atomic mass is 19.1. The average Bonchev–Trinajstić information content (AvgIpc) is 3.55. The van der Waals surface area contributed by atoms with Gasteiger partial charge in [0.15, 0.2) is 5.65 Å². The van der Waals surface area contributed by atoms with Gasteiger partial charge in [-0.25, -0.2) is 28.1 Å². The van der Waals surface area contributed by atoms with Gasteiger partial charge in [0.25, 0.3) is 5.56 Å². The molecule has 13 heteroatoms. The van der Waals surface area contributed by atoms with Crippen LogP contribution in [-0.2, 0) is 17.8 Å². The standard InChI is InChI=1S/C38H37F2N7O4/c39-25-7-12-35-43-28(22-45(35)21-25)20-41-27-8-10-29(11-9-27)47-37(49)32-18-26(40)19-42-36(32)46(38(47)50)30-4-1-3-24(17-30)31-5-2-6-34(48)33(31)23-44-13-15-51-16-14-44/h1-7,12,17-19,21-22,27,29,41,48H,8-11,13-16,20,23H2/t27-,29+. The average molecular weight is 694 g/mol. The maximum absolute atomic E-state index is 14.6. The molecule has 0 atom stereocenters. The number of hydrogen-bond donors (Lipinski definition) is 2. The van der Waals surface area contributed by atoms with Crippen LogP contribution in [0.3, 0.4) is 0 Å². The second-order valence-corrected chi connectivity index (χ2v) is 13.3. The summed E-state index contributed by atoms with van der Waals surface area (Å²) in [6.45, 7) is 3.78. The number of hydrogen-bond acceptors (Lipinski definition) is 8. The van der Waals surface area contributed by atoms with Crippen molar-refractivity contribution in [2.45, 2.75) is 50.9 Å². The zero-order valence-electron chi connectivity index (χ0n) is 27.8. The summed E-state index contributed by atoms with van der Waals surface area (Å²) < 4.78 is 38.0. The number of aromatic nitrogens is 5. The minimum Gasteiger partial charge on any atom is -0.508 e. The number of benzene rings is 2. The number of aromatic hydroxyl groups is 1. The number of nitrogens with one attached hydrogen (secondary N) is 1. The molecule has 0 bridgehead atoms. The molecule has 2 fully saturated rings. The van der Waals surface area contributed by atoms with Crippen molar-refractivity contribution < 1.29 is 18.6 Å². The largest absolute Gasteiger partial charge is 0.508 e. The maximum atomic E-state index is 14.6. The smallest absolute Gasteiger partial charge is 0.337 e. The van der Waals surface area contributed by atoms with Crippen LogP contribution in [0.1, 0.15) is 43.0 Å². The fourth-order valence-electron chi connectivity index (χ4n) is 7.43. The van der Waals surface area contributed by atoms with Gasteiger partial charge >= 0.3 is 5.69 Å². The summed E-state index contributed by atoms with van der Waals surface area (Å²) in [4.78, 5) is 39.3. The molecular weight excluding hydrogens is 656 g/mol. The molecular formula is C38H37F2N7O4. The molecule has 4 aromatic heterocycles. The number of imidazole rings is 1. The van der Waals surface area contributed by atoms with E-state index in [1.54, 1.807) is 34.9 Å². The number of morpholine rings is 1. The molecule has 6 aromatic rings. The number of phenolic OH excluding ortho intramolecular Hbond substituents is 1. The van der Waals surface area contributed by atoms with Gasteiger partial charge in [0.2, 0.25) is 0 Å². The Hall–Kier alpha value is -5.24. The van der Waals surface area contributed by atoms with Crippen molar-refractivity contribution in [2.75, 3.05) is 26.3 Å². The molecule has 51 heavy (non-hydrogen) atoms. The molecule has 5 heterocycles. The Bertz CT molecular complexity index is 2360. The monoisotopic (exact) mass is 693 g/mol. The fourth-order valence-corrected chi connectivity index (χ4v) is 7.43. The molecule has 1 saturated heterocycles. The number of ether oxygens (including phenoxy) is 1. The Kier molecular flexibility index (Phi) is 8.92. The molecule has 1 aliphatic carbocycles. The van der Waals surface area contributed by atoms with Crippen molar-refractivity contribution in [2.24, 2.45) is 0 Å². The zero-order chi connectivity index (χ0) is 35.1. The van der Waals surface area contributed by atoms with Crippen molar-refractivity contribution in [1.29, 1.82) is 0 Å². The number of pyridine rings is 2. The Morgan fingerprint density at radius 1 is 0.922 bits per heavy atom. The third-order valence-corrected chi connectivity index (χ3v) is 10.0. The number of rotatable bonds is 8. The van der Waals surface area contributed by atoms with Crippen molar-refractivity contribution in [3.05, 3.63) is 123 Å². The van der Waals surface area contributed by atoms with Gasteiger partial charge in [0.05, 0.1) is 36.2 Å². The Labute approximate surface area is 291 Å². The number of halogens is 2. The first-order valence-corrected chi connectivity index (χ1v) is 17.2. The second kappa shape index (κ2) is 13.8. The predicted octanol–water partition coefficient (Wildman–Crippen LogP) is 4.95. The summed E-state index contributed by atoms with van der Waals surface area (Å²) >= 11 is 0. The normalized spacial score (nSPS) is 18.5. The highest BCUT2D eigenvalue weighted by Gasteiger charge is 2.28. The van der Waals surface area contributed by atoms with Crippen LogP contribution in [0.2, 0.25) is 0 Å². The van der Waals surface area contributed by atoms with Gasteiger partial charge in [0, 0.05) is 56.2 Å². The van der Waals surface area contributed by atoms with Gasteiger partial charge in [0.1, 0.15) is 23.0 Å². The van der Waals surface area contributed by atoms with Crippen LogP contribution in [-0.4, -0.2) is 65.9 Å². The van der Waals surface area contributed by atoms with Crippen molar-refractivity contribution >= 4 is 16.7 Å². The van der Waals surface area contributed by atoms with Crippen LogP contribution in [0.5, 0.6) is 5.75 Å². The maximum Gasteiger partial charge on any atom is 0.337 e. The van der Waals surface area contributed by atoms with E-state index in [0.29, 0.717) is 63.3 Å². The Morgan fingerprint density at radius 2 is 1.73 bits per heavy atom. The summed E-state index contributed by atoms with van der Waals surface area (Å²) in [6, 6.07) is 16.6. The summed E-state index contributed by atoms with van der Waals surface area (Å²) in [5.41, 5.74) is 3.24. The van der Waals surface area contributed by atoms with Crippen molar-refractivity contribution in [3.63, 3.8) is 0 Å². The molecule has 2 aromatic carbocycles. The quantitative estimate of drug-likeness (QED) is 0.230. The number of nitrogens with zero attached hydrogens (tertiary/aromatic N) is 6. The molecule has 0 spiro atoms. The summed E-state index contributed by atoms with van der Waals surface area (Å²) in [5.74, 6) is -0.825. The third kappa shape index (κ3) is 6.55. The van der Waals surface area contributed by atoms with Crippen LogP contribution in [0.25, 0.3) is 33.5 Å². The van der Waals surface area contributed by atoms with E-state index in [1.807, 2.05) is 24.3 Å². The molecule has 0 radical (unpaired) electrons. The van der Waals surface area contributed by atoms with Crippen LogP contribution >= 0.6 is 0 Å². The predicted molar refractivity (Wildman–Crippen MR) is 188 cm³/mol. The van der Waals surface area contributed by atoms with E-state index in [1.165, 1.54) is 21.4 Å². The van der Waals surface area contributed by atoms with E-state index in [4.69, 9.17) is 4.74 Å². The van der Waals surface area contributed by atoms with Gasteiger partial charge in [-0.2, -0.15) is 0 Å². The molecule has 2 N–H and O–H groups in total.